The first-order valence-corrected chi connectivity index (χ1v) is 2.26. The molecule has 0 fully saturated rings. The molecular weight excluding hydrogens is 88.1 g/mol. The van der Waals surface area contributed by atoms with Crippen LogP contribution < -0.4 is 0 Å². The van der Waals surface area contributed by atoms with Gasteiger partial charge in [-0.05, 0) is 20.8 Å². The molecule has 2 heteroatoms. The van der Waals surface area contributed by atoms with Crippen LogP contribution in [0.1, 0.15) is 20.8 Å². The molecule has 0 aromatic rings. The van der Waals surface area contributed by atoms with E-state index in [-0.39, 0.29) is 0 Å². The molecule has 0 atom stereocenters. The van der Waals surface area contributed by atoms with E-state index in [1.165, 1.54) is 0 Å². The summed E-state index contributed by atoms with van der Waals surface area (Å²) in [6.07, 6.45) is 1.66. The molecule has 0 aromatic carbocycles. The highest BCUT2D eigenvalue weighted by Gasteiger charge is 1.67. The highest BCUT2D eigenvalue weighted by molar-refractivity contribution is 5.79. The average Bonchev–Trinajstić information content (AvgIpc) is 1.61. The van der Waals surface area contributed by atoms with Crippen LogP contribution >= 0.6 is 0 Å². The molecule has 2 nitrogen and oxygen atoms in total. The van der Waals surface area contributed by atoms with Gasteiger partial charge in [-0.15, -0.1) is 0 Å². The van der Waals surface area contributed by atoms with Crippen LogP contribution in [0.15, 0.2) is 10.2 Å². The minimum Gasteiger partial charge on any atom is -0.164 e. The zero-order chi connectivity index (χ0) is 5.70. The van der Waals surface area contributed by atoms with Crippen molar-refractivity contribution in [2.45, 2.75) is 20.8 Å². The molecule has 0 N–H and O–H groups in total. The summed E-state index contributed by atoms with van der Waals surface area (Å²) in [6, 6.07) is 0. The molecule has 0 bridgehead atoms. The highest BCUT2D eigenvalue weighted by atomic mass is 15.2. The van der Waals surface area contributed by atoms with Crippen LogP contribution in [0.4, 0.5) is 0 Å². The van der Waals surface area contributed by atoms with E-state index < -0.39 is 0 Å². The summed E-state index contributed by atoms with van der Waals surface area (Å²) >= 11 is 0. The van der Waals surface area contributed by atoms with Gasteiger partial charge < -0.3 is 0 Å². The molecule has 0 unspecified atom stereocenters. The summed E-state index contributed by atoms with van der Waals surface area (Å²) in [5.74, 6) is 0. The van der Waals surface area contributed by atoms with Crippen LogP contribution in [-0.4, -0.2) is 11.9 Å². The van der Waals surface area contributed by atoms with Gasteiger partial charge in [0.05, 0.1) is 0 Å². The van der Waals surface area contributed by atoms with Gasteiger partial charge >= 0.3 is 0 Å². The third-order valence-corrected chi connectivity index (χ3v) is 0.373. The van der Waals surface area contributed by atoms with Crippen LogP contribution in [0.5, 0.6) is 0 Å². The van der Waals surface area contributed by atoms with Gasteiger partial charge in [-0.25, -0.2) is 0 Å². The van der Waals surface area contributed by atoms with Gasteiger partial charge in [0.15, 0.2) is 0 Å². The second kappa shape index (κ2) is 3.53. The largest absolute Gasteiger partial charge is 0.164 e. The third-order valence-electron chi connectivity index (χ3n) is 0.373. The Labute approximate surface area is 44.0 Å². The molecule has 0 saturated carbocycles. The summed E-state index contributed by atoms with van der Waals surface area (Å²) in [6.45, 7) is 5.66. The summed E-state index contributed by atoms with van der Waals surface area (Å²) in [7, 11) is 0. The molecule has 0 saturated heterocycles. The summed E-state index contributed by atoms with van der Waals surface area (Å²) < 4.78 is 0. The molecule has 0 radical (unpaired) electrons. The molecule has 0 amide bonds. The van der Waals surface area contributed by atoms with Crippen LogP contribution in [0.2, 0.25) is 0 Å². The lowest BCUT2D eigenvalue weighted by Gasteiger charge is -1.77. The van der Waals surface area contributed by atoms with E-state index in [2.05, 4.69) is 10.2 Å². The summed E-state index contributed by atoms with van der Waals surface area (Å²) in [5.41, 5.74) is 0.984. The van der Waals surface area contributed by atoms with E-state index in [4.69, 9.17) is 0 Å². The first-order chi connectivity index (χ1) is 3.27. The van der Waals surface area contributed by atoms with Crippen molar-refractivity contribution in [1.29, 1.82) is 0 Å². The maximum absolute atomic E-state index is 3.73. The fourth-order valence-electron chi connectivity index (χ4n) is 0.173. The SMILES string of the molecule is CC=NN=C(C)C. The monoisotopic (exact) mass is 98.1 g/mol. The molecule has 7 heavy (non-hydrogen) atoms. The fraction of sp³-hybridized carbons (Fsp3) is 0.600. The van der Waals surface area contributed by atoms with E-state index in [1.54, 1.807) is 6.21 Å². The Morgan fingerprint density at radius 2 is 2.00 bits per heavy atom. The second-order valence-corrected chi connectivity index (χ2v) is 1.42. The number of rotatable bonds is 1. The Kier molecular flexibility index (Phi) is 3.19. The lowest BCUT2D eigenvalue weighted by molar-refractivity contribution is 1.23. The van der Waals surface area contributed by atoms with Crippen LogP contribution in [0, 0.1) is 0 Å². The maximum atomic E-state index is 3.73. The predicted molar refractivity (Wildman–Crippen MR) is 32.9 cm³/mol. The lowest BCUT2D eigenvalue weighted by atomic mass is 10.5. The van der Waals surface area contributed by atoms with E-state index >= 15 is 0 Å². The highest BCUT2D eigenvalue weighted by Crippen LogP contribution is 1.72. The minimum atomic E-state index is 0.984. The Morgan fingerprint density at radius 3 is 2.14 bits per heavy atom. The van der Waals surface area contributed by atoms with Crippen LogP contribution in [0.3, 0.4) is 0 Å². The normalized spacial score (nSPS) is 9.57. The van der Waals surface area contributed by atoms with Crippen molar-refractivity contribution in [1.82, 2.24) is 0 Å². The minimum absolute atomic E-state index is 0.984. The average molecular weight is 98.1 g/mol. The van der Waals surface area contributed by atoms with E-state index in [0.717, 1.165) is 5.71 Å². The molecule has 0 heterocycles. The first kappa shape index (κ1) is 6.34. The maximum Gasteiger partial charge on any atom is 0.0344 e. The van der Waals surface area contributed by atoms with Crippen LogP contribution in [-0.2, 0) is 0 Å². The zero-order valence-electron chi connectivity index (χ0n) is 4.97. The van der Waals surface area contributed by atoms with Gasteiger partial charge in [-0.2, -0.15) is 10.2 Å². The van der Waals surface area contributed by atoms with Crippen molar-refractivity contribution in [3.05, 3.63) is 0 Å². The molecule has 0 rings (SSSR count). The number of hydrogen-bond acceptors (Lipinski definition) is 2. The van der Waals surface area contributed by atoms with Crippen molar-refractivity contribution in [2.75, 3.05) is 0 Å². The molecule has 0 spiro atoms. The Bertz CT molecular complexity index is 88.3. The van der Waals surface area contributed by atoms with Gasteiger partial charge in [-0.1, -0.05) is 0 Å². The quantitative estimate of drug-likeness (QED) is 0.350. The predicted octanol–water partition coefficient (Wildman–Crippen LogP) is 1.47. The Balaban J connectivity index is 3.46. The van der Waals surface area contributed by atoms with E-state index in [1.807, 2.05) is 20.8 Å². The van der Waals surface area contributed by atoms with Crippen molar-refractivity contribution in [2.24, 2.45) is 10.2 Å². The molecule has 0 aliphatic heterocycles. The Morgan fingerprint density at radius 1 is 1.43 bits per heavy atom. The van der Waals surface area contributed by atoms with E-state index in [0.29, 0.717) is 0 Å². The van der Waals surface area contributed by atoms with Crippen molar-refractivity contribution >= 4 is 11.9 Å². The molecular formula is C5H10N2. The second-order valence-electron chi connectivity index (χ2n) is 1.42. The topological polar surface area (TPSA) is 24.7 Å². The third kappa shape index (κ3) is 5.34. The van der Waals surface area contributed by atoms with Crippen LogP contribution in [0.25, 0.3) is 0 Å². The summed E-state index contributed by atoms with van der Waals surface area (Å²) in [4.78, 5) is 0. The molecule has 40 valence electrons. The van der Waals surface area contributed by atoms with Crippen molar-refractivity contribution in [3.8, 4) is 0 Å². The van der Waals surface area contributed by atoms with Gasteiger partial charge in [0.1, 0.15) is 0 Å². The van der Waals surface area contributed by atoms with Gasteiger partial charge in [0.2, 0.25) is 0 Å². The molecule has 0 aromatic heterocycles. The van der Waals surface area contributed by atoms with Gasteiger partial charge in [0, 0.05) is 11.9 Å². The number of nitrogens with zero attached hydrogens (tertiary/aromatic N) is 2. The number of hydrogen-bond donors (Lipinski definition) is 0. The smallest absolute Gasteiger partial charge is 0.0344 e. The summed E-state index contributed by atoms with van der Waals surface area (Å²) in [5, 5.41) is 7.36. The standard InChI is InChI=1S/C5H10N2/c1-4-6-7-5(2)3/h4H,1-3H3. The van der Waals surface area contributed by atoms with Gasteiger partial charge in [0.25, 0.3) is 0 Å². The lowest BCUT2D eigenvalue weighted by Crippen LogP contribution is -1.75. The fourth-order valence-corrected chi connectivity index (χ4v) is 0.173. The van der Waals surface area contributed by atoms with Crippen molar-refractivity contribution < 1.29 is 0 Å². The van der Waals surface area contributed by atoms with Crippen molar-refractivity contribution in [3.63, 3.8) is 0 Å². The molecule has 0 aliphatic carbocycles. The zero-order valence-corrected chi connectivity index (χ0v) is 4.97. The van der Waals surface area contributed by atoms with Gasteiger partial charge in [-0.3, -0.25) is 0 Å². The first-order valence-electron chi connectivity index (χ1n) is 2.26. The molecule has 0 aliphatic rings. The Hall–Kier alpha value is -0.660. The van der Waals surface area contributed by atoms with E-state index in [9.17, 15) is 0 Å².